The summed E-state index contributed by atoms with van der Waals surface area (Å²) in [6, 6.07) is 0.652. The first-order chi connectivity index (χ1) is 7.31. The summed E-state index contributed by atoms with van der Waals surface area (Å²) in [6.07, 6.45) is 8.10. The summed E-state index contributed by atoms with van der Waals surface area (Å²) in [6.45, 7) is 6.41. The summed E-state index contributed by atoms with van der Waals surface area (Å²) in [5.74, 6) is 0.906. The van der Waals surface area contributed by atoms with Gasteiger partial charge in [0.2, 0.25) is 0 Å². The number of nitrogens with zero attached hydrogens (tertiary/aromatic N) is 2. The van der Waals surface area contributed by atoms with E-state index >= 15 is 0 Å². The van der Waals surface area contributed by atoms with Crippen molar-refractivity contribution in [3.05, 3.63) is 18.2 Å². The number of hydrogen-bond donors (Lipinski definition) is 1. The zero-order valence-corrected chi connectivity index (χ0v) is 9.74. The number of rotatable bonds is 5. The smallest absolute Gasteiger partial charge is 0.0948 e. The van der Waals surface area contributed by atoms with E-state index in [-0.39, 0.29) is 0 Å². The van der Waals surface area contributed by atoms with Crippen LogP contribution in [0.5, 0.6) is 0 Å². The Kier molecular flexibility index (Phi) is 3.41. The lowest BCUT2D eigenvalue weighted by atomic mass is 9.80. The van der Waals surface area contributed by atoms with Gasteiger partial charge in [-0.05, 0) is 32.6 Å². The molecule has 1 heterocycles. The molecule has 1 unspecified atom stereocenters. The highest BCUT2D eigenvalue weighted by Crippen LogP contribution is 2.29. The Hall–Kier alpha value is -0.830. The highest BCUT2D eigenvalue weighted by atomic mass is 15.1. The van der Waals surface area contributed by atoms with Gasteiger partial charge in [-0.15, -0.1) is 0 Å². The molecule has 1 aromatic heterocycles. The Morgan fingerprint density at radius 3 is 3.00 bits per heavy atom. The third-order valence-corrected chi connectivity index (χ3v) is 3.60. The molecule has 1 atom stereocenters. The van der Waals surface area contributed by atoms with Crippen LogP contribution in [-0.2, 0) is 13.1 Å². The van der Waals surface area contributed by atoms with E-state index < -0.39 is 0 Å². The van der Waals surface area contributed by atoms with Gasteiger partial charge in [0.05, 0.1) is 12.0 Å². The first kappa shape index (κ1) is 10.7. The molecule has 1 fully saturated rings. The van der Waals surface area contributed by atoms with Crippen LogP contribution in [-0.4, -0.2) is 15.6 Å². The van der Waals surface area contributed by atoms with Crippen LogP contribution in [0.25, 0.3) is 0 Å². The Morgan fingerprint density at radius 1 is 1.60 bits per heavy atom. The van der Waals surface area contributed by atoms with E-state index in [1.807, 2.05) is 12.5 Å². The summed E-state index contributed by atoms with van der Waals surface area (Å²) in [5, 5.41) is 3.60. The lowest BCUT2D eigenvalue weighted by Gasteiger charge is -2.32. The van der Waals surface area contributed by atoms with Crippen molar-refractivity contribution in [1.29, 1.82) is 0 Å². The molecule has 3 nitrogen and oxygen atoms in total. The molecule has 3 heteroatoms. The SMILES string of the molecule is CCn1cncc1CNC(C)C1CCC1. The van der Waals surface area contributed by atoms with Crippen molar-refractivity contribution < 1.29 is 0 Å². The summed E-state index contributed by atoms with van der Waals surface area (Å²) in [7, 11) is 0. The summed E-state index contributed by atoms with van der Waals surface area (Å²) in [4.78, 5) is 4.17. The molecule has 0 amide bonds. The molecule has 15 heavy (non-hydrogen) atoms. The fraction of sp³-hybridized carbons (Fsp3) is 0.750. The average Bonchev–Trinajstić information content (AvgIpc) is 2.58. The standard InChI is InChI=1S/C12H21N3/c1-3-15-9-13-7-12(15)8-14-10(2)11-5-4-6-11/h7,9-11,14H,3-6,8H2,1-2H3. The van der Waals surface area contributed by atoms with E-state index in [1.165, 1.54) is 25.0 Å². The van der Waals surface area contributed by atoms with Crippen molar-refractivity contribution in [2.75, 3.05) is 0 Å². The van der Waals surface area contributed by atoms with Gasteiger partial charge in [0.25, 0.3) is 0 Å². The van der Waals surface area contributed by atoms with Crippen LogP contribution in [0.4, 0.5) is 0 Å². The number of imidazole rings is 1. The first-order valence-electron chi connectivity index (χ1n) is 6.03. The van der Waals surface area contributed by atoms with Crippen LogP contribution >= 0.6 is 0 Å². The van der Waals surface area contributed by atoms with E-state index in [2.05, 4.69) is 28.7 Å². The molecule has 0 radical (unpaired) electrons. The van der Waals surface area contributed by atoms with Crippen LogP contribution in [0.3, 0.4) is 0 Å². The maximum absolute atomic E-state index is 4.17. The number of aryl methyl sites for hydroxylation is 1. The second kappa shape index (κ2) is 4.79. The summed E-state index contributed by atoms with van der Waals surface area (Å²) in [5.41, 5.74) is 1.30. The first-order valence-corrected chi connectivity index (χ1v) is 6.03. The number of hydrogen-bond acceptors (Lipinski definition) is 2. The normalized spacial score (nSPS) is 18.8. The van der Waals surface area contributed by atoms with Crippen LogP contribution in [0.2, 0.25) is 0 Å². The van der Waals surface area contributed by atoms with Crippen molar-refractivity contribution in [1.82, 2.24) is 14.9 Å². The van der Waals surface area contributed by atoms with Gasteiger partial charge in [0, 0.05) is 25.3 Å². The van der Waals surface area contributed by atoms with E-state index in [4.69, 9.17) is 0 Å². The molecule has 84 valence electrons. The summed E-state index contributed by atoms with van der Waals surface area (Å²) >= 11 is 0. The molecular weight excluding hydrogens is 186 g/mol. The van der Waals surface area contributed by atoms with Crippen molar-refractivity contribution in [3.63, 3.8) is 0 Å². The molecule has 1 N–H and O–H groups in total. The number of aromatic nitrogens is 2. The largest absolute Gasteiger partial charge is 0.334 e. The molecule has 1 aliphatic carbocycles. The molecule has 1 aliphatic rings. The van der Waals surface area contributed by atoms with E-state index in [0.717, 1.165) is 19.0 Å². The van der Waals surface area contributed by atoms with E-state index in [0.29, 0.717) is 6.04 Å². The zero-order chi connectivity index (χ0) is 10.7. The maximum Gasteiger partial charge on any atom is 0.0948 e. The van der Waals surface area contributed by atoms with Gasteiger partial charge in [-0.2, -0.15) is 0 Å². The summed E-state index contributed by atoms with van der Waals surface area (Å²) < 4.78 is 2.19. The van der Waals surface area contributed by atoms with Gasteiger partial charge in [0.15, 0.2) is 0 Å². The fourth-order valence-electron chi connectivity index (χ4n) is 2.15. The quantitative estimate of drug-likeness (QED) is 0.802. The predicted molar refractivity (Wildman–Crippen MR) is 61.5 cm³/mol. The molecular formula is C12H21N3. The highest BCUT2D eigenvalue weighted by Gasteiger charge is 2.23. The van der Waals surface area contributed by atoms with Crippen molar-refractivity contribution >= 4 is 0 Å². The second-order valence-corrected chi connectivity index (χ2v) is 4.53. The van der Waals surface area contributed by atoms with Crippen molar-refractivity contribution in [2.24, 2.45) is 5.92 Å². The van der Waals surface area contributed by atoms with Crippen LogP contribution in [0, 0.1) is 5.92 Å². The Labute approximate surface area is 91.9 Å². The number of nitrogens with one attached hydrogen (secondary N) is 1. The van der Waals surface area contributed by atoms with Crippen molar-refractivity contribution in [2.45, 2.75) is 52.2 Å². The Morgan fingerprint density at radius 2 is 2.40 bits per heavy atom. The lowest BCUT2D eigenvalue weighted by Crippen LogP contribution is -2.36. The highest BCUT2D eigenvalue weighted by molar-refractivity contribution is 4.98. The molecule has 0 saturated heterocycles. The van der Waals surface area contributed by atoms with Crippen LogP contribution in [0.15, 0.2) is 12.5 Å². The van der Waals surface area contributed by atoms with Crippen LogP contribution in [0.1, 0.15) is 38.8 Å². The average molecular weight is 207 g/mol. The third kappa shape index (κ3) is 2.40. The van der Waals surface area contributed by atoms with Crippen molar-refractivity contribution in [3.8, 4) is 0 Å². The monoisotopic (exact) mass is 207 g/mol. The van der Waals surface area contributed by atoms with Gasteiger partial charge in [-0.1, -0.05) is 6.42 Å². The van der Waals surface area contributed by atoms with Gasteiger partial charge in [0.1, 0.15) is 0 Å². The predicted octanol–water partition coefficient (Wildman–Crippen LogP) is 2.18. The zero-order valence-electron chi connectivity index (χ0n) is 9.74. The van der Waals surface area contributed by atoms with Gasteiger partial charge < -0.3 is 9.88 Å². The Balaban J connectivity index is 1.81. The fourth-order valence-corrected chi connectivity index (χ4v) is 2.15. The Bertz CT molecular complexity index is 302. The maximum atomic E-state index is 4.17. The molecule has 0 bridgehead atoms. The minimum atomic E-state index is 0.652. The van der Waals surface area contributed by atoms with Crippen LogP contribution < -0.4 is 5.32 Å². The van der Waals surface area contributed by atoms with E-state index in [1.54, 1.807) is 0 Å². The molecule has 2 rings (SSSR count). The second-order valence-electron chi connectivity index (χ2n) is 4.53. The molecule has 0 aromatic carbocycles. The van der Waals surface area contributed by atoms with Gasteiger partial charge in [-0.3, -0.25) is 0 Å². The topological polar surface area (TPSA) is 29.9 Å². The minimum Gasteiger partial charge on any atom is -0.334 e. The van der Waals surface area contributed by atoms with Gasteiger partial charge >= 0.3 is 0 Å². The molecule has 1 saturated carbocycles. The molecule has 0 spiro atoms. The third-order valence-electron chi connectivity index (χ3n) is 3.60. The van der Waals surface area contributed by atoms with E-state index in [9.17, 15) is 0 Å². The molecule has 0 aliphatic heterocycles. The lowest BCUT2D eigenvalue weighted by molar-refractivity contribution is 0.239. The minimum absolute atomic E-state index is 0.652. The van der Waals surface area contributed by atoms with Gasteiger partial charge in [-0.25, -0.2) is 4.98 Å². The molecule has 1 aromatic rings.